The topological polar surface area (TPSA) is 80.9 Å². The van der Waals surface area contributed by atoms with Gasteiger partial charge in [-0.05, 0) is 11.8 Å². The summed E-state index contributed by atoms with van der Waals surface area (Å²) in [5, 5.41) is 36.3. The van der Waals surface area contributed by atoms with Crippen LogP contribution < -0.4 is 0 Å². The van der Waals surface area contributed by atoms with Crippen LogP contribution in [-0.4, -0.2) is 45.3 Å². The van der Waals surface area contributed by atoms with Crippen molar-refractivity contribution in [2.24, 2.45) is 5.41 Å². The second-order valence-corrected chi connectivity index (χ2v) is 4.57. The van der Waals surface area contributed by atoms with Crippen LogP contribution in [0.2, 0.25) is 0 Å². The third-order valence-electron chi connectivity index (χ3n) is 1.80. The Bertz CT molecular complexity index is 141. The van der Waals surface area contributed by atoms with Gasteiger partial charge in [0.15, 0.2) is 0 Å². The molecule has 0 saturated carbocycles. The van der Waals surface area contributed by atoms with Crippen LogP contribution in [0.25, 0.3) is 0 Å². The predicted octanol–water partition coefficient (Wildman–Crippen LogP) is -0.502. The average Bonchev–Trinajstić information content (AvgIpc) is 1.98. The van der Waals surface area contributed by atoms with E-state index in [9.17, 15) is 10.2 Å². The van der Waals surface area contributed by atoms with Crippen molar-refractivity contribution < 1.29 is 20.4 Å². The van der Waals surface area contributed by atoms with E-state index in [1.54, 1.807) is 0 Å². The molecule has 1 unspecified atom stereocenters. The SMILES string of the molecule is CC(C)(C)CC(O)[C@H](O)[C@H](O)CO. The summed E-state index contributed by atoms with van der Waals surface area (Å²) in [5.41, 5.74) is -0.116. The minimum absolute atomic E-state index is 0.116. The van der Waals surface area contributed by atoms with Gasteiger partial charge in [0.25, 0.3) is 0 Å². The molecule has 0 fully saturated rings. The Kier molecular flexibility index (Phi) is 4.85. The molecular formula is C9H20O4. The molecule has 0 amide bonds. The molecule has 0 aromatic rings. The van der Waals surface area contributed by atoms with Crippen molar-refractivity contribution in [3.8, 4) is 0 Å². The van der Waals surface area contributed by atoms with Gasteiger partial charge < -0.3 is 20.4 Å². The number of hydrogen-bond donors (Lipinski definition) is 4. The van der Waals surface area contributed by atoms with Crippen LogP contribution in [0.1, 0.15) is 27.2 Å². The first-order valence-corrected chi connectivity index (χ1v) is 4.43. The lowest BCUT2D eigenvalue weighted by Crippen LogP contribution is -2.41. The summed E-state index contributed by atoms with van der Waals surface area (Å²) < 4.78 is 0. The molecule has 4 N–H and O–H groups in total. The quantitative estimate of drug-likeness (QED) is 0.484. The van der Waals surface area contributed by atoms with E-state index >= 15 is 0 Å². The van der Waals surface area contributed by atoms with Crippen LogP contribution in [0.15, 0.2) is 0 Å². The summed E-state index contributed by atoms with van der Waals surface area (Å²) in [4.78, 5) is 0. The van der Waals surface area contributed by atoms with Gasteiger partial charge in [0.2, 0.25) is 0 Å². The fraction of sp³-hybridized carbons (Fsp3) is 1.00. The maximum atomic E-state index is 9.43. The molecule has 80 valence electrons. The van der Waals surface area contributed by atoms with Gasteiger partial charge in [0.05, 0.1) is 12.7 Å². The third kappa shape index (κ3) is 5.21. The first-order chi connectivity index (χ1) is 5.78. The molecule has 0 spiro atoms. The Morgan fingerprint density at radius 2 is 1.46 bits per heavy atom. The molecule has 0 aromatic heterocycles. The molecule has 0 heterocycles. The fourth-order valence-corrected chi connectivity index (χ4v) is 1.11. The zero-order valence-electron chi connectivity index (χ0n) is 8.44. The Labute approximate surface area is 78.8 Å². The van der Waals surface area contributed by atoms with Gasteiger partial charge in [-0.3, -0.25) is 0 Å². The number of aliphatic hydroxyl groups excluding tert-OH is 4. The van der Waals surface area contributed by atoms with E-state index < -0.39 is 24.9 Å². The monoisotopic (exact) mass is 192 g/mol. The molecule has 4 nitrogen and oxygen atoms in total. The van der Waals surface area contributed by atoms with Crippen LogP contribution in [0.3, 0.4) is 0 Å². The zero-order chi connectivity index (χ0) is 10.6. The van der Waals surface area contributed by atoms with Gasteiger partial charge >= 0.3 is 0 Å². The molecule has 0 aliphatic rings. The number of rotatable bonds is 4. The van der Waals surface area contributed by atoms with Crippen LogP contribution in [-0.2, 0) is 0 Å². The molecule has 0 saturated heterocycles. The van der Waals surface area contributed by atoms with Crippen LogP contribution in [0.4, 0.5) is 0 Å². The average molecular weight is 192 g/mol. The lowest BCUT2D eigenvalue weighted by Gasteiger charge is -2.27. The van der Waals surface area contributed by atoms with E-state index in [0.29, 0.717) is 6.42 Å². The lowest BCUT2D eigenvalue weighted by molar-refractivity contribution is -0.0860. The van der Waals surface area contributed by atoms with E-state index in [1.165, 1.54) is 0 Å². The van der Waals surface area contributed by atoms with Gasteiger partial charge in [-0.15, -0.1) is 0 Å². The number of aliphatic hydroxyl groups is 4. The smallest absolute Gasteiger partial charge is 0.108 e. The van der Waals surface area contributed by atoms with Gasteiger partial charge in [0, 0.05) is 0 Å². The minimum Gasteiger partial charge on any atom is -0.394 e. The molecule has 0 aliphatic heterocycles. The Balaban J connectivity index is 4.03. The molecule has 0 radical (unpaired) electrons. The maximum Gasteiger partial charge on any atom is 0.108 e. The maximum absolute atomic E-state index is 9.43. The Hall–Kier alpha value is -0.160. The zero-order valence-corrected chi connectivity index (χ0v) is 8.44. The summed E-state index contributed by atoms with van der Waals surface area (Å²) in [6, 6.07) is 0. The number of hydrogen-bond acceptors (Lipinski definition) is 4. The van der Waals surface area contributed by atoms with Crippen molar-refractivity contribution in [2.75, 3.05) is 6.61 Å². The van der Waals surface area contributed by atoms with Crippen LogP contribution >= 0.6 is 0 Å². The first kappa shape index (κ1) is 12.8. The lowest BCUT2D eigenvalue weighted by atomic mass is 9.86. The van der Waals surface area contributed by atoms with Gasteiger partial charge in [0.1, 0.15) is 12.2 Å². The summed E-state index contributed by atoms with van der Waals surface area (Å²) in [5.74, 6) is 0. The second kappa shape index (κ2) is 4.91. The van der Waals surface area contributed by atoms with Crippen molar-refractivity contribution >= 4 is 0 Å². The highest BCUT2D eigenvalue weighted by atomic mass is 16.4. The highest BCUT2D eigenvalue weighted by Crippen LogP contribution is 2.22. The standard InChI is InChI=1S/C9H20O4/c1-9(2,3)4-6(11)8(13)7(12)5-10/h6-8,10-13H,4-5H2,1-3H3/t6?,7-,8+/m1/s1. The third-order valence-corrected chi connectivity index (χ3v) is 1.80. The summed E-state index contributed by atoms with van der Waals surface area (Å²) in [6.07, 6.45) is -3.16. The molecule has 3 atom stereocenters. The van der Waals surface area contributed by atoms with Crippen molar-refractivity contribution in [2.45, 2.75) is 45.5 Å². The van der Waals surface area contributed by atoms with Crippen LogP contribution in [0.5, 0.6) is 0 Å². The van der Waals surface area contributed by atoms with E-state index in [1.807, 2.05) is 20.8 Å². The van der Waals surface area contributed by atoms with E-state index in [-0.39, 0.29) is 5.41 Å². The molecule has 0 rings (SSSR count). The molecule has 0 aliphatic carbocycles. The molecule has 0 bridgehead atoms. The highest BCUT2D eigenvalue weighted by molar-refractivity contribution is 4.78. The Morgan fingerprint density at radius 1 is 1.00 bits per heavy atom. The molecule has 0 aromatic carbocycles. The van der Waals surface area contributed by atoms with Crippen molar-refractivity contribution in [3.63, 3.8) is 0 Å². The summed E-state index contributed by atoms with van der Waals surface area (Å²) in [6.45, 7) is 5.24. The van der Waals surface area contributed by atoms with Gasteiger partial charge in [-0.2, -0.15) is 0 Å². The molecule has 4 heteroatoms. The minimum atomic E-state index is -1.27. The van der Waals surface area contributed by atoms with E-state index in [0.717, 1.165) is 0 Å². The molecular weight excluding hydrogens is 172 g/mol. The van der Waals surface area contributed by atoms with Gasteiger partial charge in [-0.1, -0.05) is 20.8 Å². The van der Waals surface area contributed by atoms with E-state index in [2.05, 4.69) is 0 Å². The fourth-order valence-electron chi connectivity index (χ4n) is 1.11. The second-order valence-electron chi connectivity index (χ2n) is 4.57. The normalized spacial score (nSPS) is 19.6. The largest absolute Gasteiger partial charge is 0.394 e. The predicted molar refractivity (Wildman–Crippen MR) is 49.2 cm³/mol. The van der Waals surface area contributed by atoms with Crippen LogP contribution in [0, 0.1) is 5.41 Å². The Morgan fingerprint density at radius 3 is 1.77 bits per heavy atom. The van der Waals surface area contributed by atoms with Gasteiger partial charge in [-0.25, -0.2) is 0 Å². The first-order valence-electron chi connectivity index (χ1n) is 4.43. The van der Waals surface area contributed by atoms with E-state index in [4.69, 9.17) is 10.2 Å². The molecule has 13 heavy (non-hydrogen) atoms. The highest BCUT2D eigenvalue weighted by Gasteiger charge is 2.27. The van der Waals surface area contributed by atoms with Crippen molar-refractivity contribution in [1.29, 1.82) is 0 Å². The summed E-state index contributed by atoms with van der Waals surface area (Å²) >= 11 is 0. The van der Waals surface area contributed by atoms with Crippen molar-refractivity contribution in [1.82, 2.24) is 0 Å². The summed E-state index contributed by atoms with van der Waals surface area (Å²) in [7, 11) is 0. The van der Waals surface area contributed by atoms with Crippen molar-refractivity contribution in [3.05, 3.63) is 0 Å².